The largest absolute Gasteiger partial charge is 0.376 e. The number of nitrogens with one attached hydrogen (secondary N) is 1. The zero-order chi connectivity index (χ0) is 17.6. The summed E-state index contributed by atoms with van der Waals surface area (Å²) in [4.78, 5) is 2.22. The number of rotatable bonds is 5. The first-order valence-corrected chi connectivity index (χ1v) is 9.32. The number of ether oxygens (including phenoxy) is 1. The van der Waals surface area contributed by atoms with E-state index in [1.54, 1.807) is 0 Å². The molecular weight excluding hydrogens is 328 g/mol. The summed E-state index contributed by atoms with van der Waals surface area (Å²) in [6.45, 7) is 6.73. The van der Waals surface area contributed by atoms with Crippen molar-refractivity contribution in [3.8, 4) is 0 Å². The highest BCUT2D eigenvalue weighted by Gasteiger charge is 2.21. The minimum Gasteiger partial charge on any atom is -0.376 e. The van der Waals surface area contributed by atoms with Crippen LogP contribution in [-0.2, 0) is 11.3 Å². The molecule has 0 amide bonds. The molecule has 132 valence electrons. The van der Waals surface area contributed by atoms with E-state index < -0.39 is 0 Å². The molecule has 1 N–H and O–H groups in total. The van der Waals surface area contributed by atoms with Crippen molar-refractivity contribution in [3.63, 3.8) is 0 Å². The topological polar surface area (TPSA) is 24.5 Å². The molecule has 1 heterocycles. The Kier molecular flexibility index (Phi) is 6.05. The lowest BCUT2D eigenvalue weighted by Gasteiger charge is -2.29. The van der Waals surface area contributed by atoms with Crippen LogP contribution in [0.15, 0.2) is 48.5 Å². The van der Waals surface area contributed by atoms with Crippen LogP contribution in [0.25, 0.3) is 0 Å². The number of benzene rings is 2. The molecule has 4 heteroatoms. The van der Waals surface area contributed by atoms with E-state index in [-0.39, 0.29) is 6.10 Å². The molecule has 0 bridgehead atoms. The fourth-order valence-corrected chi connectivity index (χ4v) is 3.39. The Morgan fingerprint density at radius 2 is 1.96 bits per heavy atom. The SMILES string of the molecule is Cc1cccc(NC(=S)N(Cc2ccccc2)C[C@H]2CCCO2)c1C. The molecule has 0 saturated carbocycles. The molecule has 1 fully saturated rings. The van der Waals surface area contributed by atoms with Crippen molar-refractivity contribution in [3.05, 3.63) is 65.2 Å². The summed E-state index contributed by atoms with van der Waals surface area (Å²) < 4.78 is 5.84. The smallest absolute Gasteiger partial charge is 0.173 e. The average Bonchev–Trinajstić information content (AvgIpc) is 3.12. The van der Waals surface area contributed by atoms with Crippen molar-refractivity contribution >= 4 is 23.0 Å². The van der Waals surface area contributed by atoms with Crippen LogP contribution < -0.4 is 5.32 Å². The number of hydrogen-bond acceptors (Lipinski definition) is 2. The minimum atomic E-state index is 0.266. The van der Waals surface area contributed by atoms with Crippen molar-refractivity contribution in [2.75, 3.05) is 18.5 Å². The highest BCUT2D eigenvalue weighted by molar-refractivity contribution is 7.80. The van der Waals surface area contributed by atoms with Crippen LogP contribution in [0, 0.1) is 13.8 Å². The molecule has 1 saturated heterocycles. The molecule has 0 aliphatic carbocycles. The fourth-order valence-electron chi connectivity index (χ4n) is 3.14. The van der Waals surface area contributed by atoms with E-state index in [4.69, 9.17) is 17.0 Å². The van der Waals surface area contributed by atoms with Gasteiger partial charge in [0.2, 0.25) is 0 Å². The summed E-state index contributed by atoms with van der Waals surface area (Å²) >= 11 is 5.75. The molecule has 3 nitrogen and oxygen atoms in total. The summed E-state index contributed by atoms with van der Waals surface area (Å²) in [7, 11) is 0. The number of nitrogens with zero attached hydrogens (tertiary/aromatic N) is 1. The van der Waals surface area contributed by atoms with Gasteiger partial charge < -0.3 is 15.0 Å². The summed E-state index contributed by atoms with van der Waals surface area (Å²) in [6, 6.07) is 16.7. The Morgan fingerprint density at radius 1 is 1.16 bits per heavy atom. The summed E-state index contributed by atoms with van der Waals surface area (Å²) in [5, 5.41) is 4.20. The lowest BCUT2D eigenvalue weighted by molar-refractivity contribution is 0.0905. The van der Waals surface area contributed by atoms with Crippen LogP contribution in [0.1, 0.15) is 29.5 Å². The number of thiocarbonyl (C=S) groups is 1. The van der Waals surface area contributed by atoms with Crippen LogP contribution in [0.4, 0.5) is 5.69 Å². The van der Waals surface area contributed by atoms with Crippen molar-refractivity contribution < 1.29 is 4.74 Å². The second-order valence-electron chi connectivity index (χ2n) is 6.68. The van der Waals surface area contributed by atoms with E-state index in [1.165, 1.54) is 16.7 Å². The molecule has 25 heavy (non-hydrogen) atoms. The van der Waals surface area contributed by atoms with Gasteiger partial charge in [-0.25, -0.2) is 0 Å². The number of anilines is 1. The van der Waals surface area contributed by atoms with Gasteiger partial charge in [-0.15, -0.1) is 0 Å². The maximum atomic E-state index is 5.84. The highest BCUT2D eigenvalue weighted by Crippen LogP contribution is 2.20. The molecule has 3 rings (SSSR count). The second-order valence-corrected chi connectivity index (χ2v) is 7.07. The van der Waals surface area contributed by atoms with Crippen LogP contribution in [0.5, 0.6) is 0 Å². The van der Waals surface area contributed by atoms with E-state index in [9.17, 15) is 0 Å². The molecule has 1 atom stereocenters. The van der Waals surface area contributed by atoms with Crippen molar-refractivity contribution in [1.29, 1.82) is 0 Å². The molecule has 1 aliphatic rings. The highest BCUT2D eigenvalue weighted by atomic mass is 32.1. The fraction of sp³-hybridized carbons (Fsp3) is 0.381. The Hall–Kier alpha value is -1.91. The third-order valence-electron chi connectivity index (χ3n) is 4.80. The van der Waals surface area contributed by atoms with E-state index in [2.05, 4.69) is 66.5 Å². The molecule has 1 aliphatic heterocycles. The predicted octanol–water partition coefficient (Wildman–Crippen LogP) is 4.68. The van der Waals surface area contributed by atoms with Crippen molar-refractivity contribution in [2.45, 2.75) is 39.3 Å². The molecule has 2 aromatic rings. The first-order chi connectivity index (χ1) is 12.1. The standard InChI is InChI=1S/C21H26N2OS/c1-16-8-6-12-20(17(16)2)22-21(25)23(15-19-11-7-13-24-19)14-18-9-4-3-5-10-18/h3-6,8-10,12,19H,7,11,13-15H2,1-2H3,(H,22,25)/t19-/m1/s1. The Labute approximate surface area is 156 Å². The number of aryl methyl sites for hydroxylation is 1. The van der Waals surface area contributed by atoms with Crippen LogP contribution in [-0.4, -0.2) is 29.3 Å². The van der Waals surface area contributed by atoms with Gasteiger partial charge in [-0.3, -0.25) is 0 Å². The lowest BCUT2D eigenvalue weighted by atomic mass is 10.1. The zero-order valence-electron chi connectivity index (χ0n) is 15.0. The summed E-state index contributed by atoms with van der Waals surface area (Å²) in [5.41, 5.74) is 4.84. The minimum absolute atomic E-state index is 0.266. The first kappa shape index (κ1) is 17.9. The third kappa shape index (κ3) is 4.80. The van der Waals surface area contributed by atoms with Gasteiger partial charge in [0, 0.05) is 25.4 Å². The molecule has 0 unspecified atom stereocenters. The van der Waals surface area contributed by atoms with Crippen molar-refractivity contribution in [2.24, 2.45) is 0 Å². The van der Waals surface area contributed by atoms with Crippen LogP contribution >= 0.6 is 12.2 Å². The predicted molar refractivity (Wildman–Crippen MR) is 108 cm³/mol. The molecule has 0 radical (unpaired) electrons. The Morgan fingerprint density at radius 3 is 2.68 bits per heavy atom. The third-order valence-corrected chi connectivity index (χ3v) is 5.16. The van der Waals surface area contributed by atoms with Crippen molar-refractivity contribution in [1.82, 2.24) is 4.90 Å². The molecule has 0 aromatic heterocycles. The van der Waals surface area contributed by atoms with Crippen LogP contribution in [0.3, 0.4) is 0 Å². The van der Waals surface area contributed by atoms with Gasteiger partial charge in [-0.1, -0.05) is 42.5 Å². The quantitative estimate of drug-likeness (QED) is 0.788. The average molecular weight is 355 g/mol. The van der Waals surface area contributed by atoms with Crippen LogP contribution in [0.2, 0.25) is 0 Å². The lowest BCUT2D eigenvalue weighted by Crippen LogP contribution is -2.39. The summed E-state index contributed by atoms with van der Waals surface area (Å²) in [6.07, 6.45) is 2.51. The van der Waals surface area contributed by atoms with Gasteiger partial charge in [0.15, 0.2) is 5.11 Å². The monoisotopic (exact) mass is 354 g/mol. The Balaban J connectivity index is 1.74. The van der Waals surface area contributed by atoms with Gasteiger partial charge in [-0.2, -0.15) is 0 Å². The van der Waals surface area contributed by atoms with E-state index >= 15 is 0 Å². The summed E-state index contributed by atoms with van der Waals surface area (Å²) in [5.74, 6) is 0. The van der Waals surface area contributed by atoms with E-state index in [0.29, 0.717) is 0 Å². The first-order valence-electron chi connectivity index (χ1n) is 8.91. The Bertz CT molecular complexity index is 711. The van der Waals surface area contributed by atoms with Gasteiger partial charge in [0.25, 0.3) is 0 Å². The zero-order valence-corrected chi connectivity index (χ0v) is 15.8. The van der Waals surface area contributed by atoms with Gasteiger partial charge in [0.1, 0.15) is 0 Å². The second kappa shape index (κ2) is 8.45. The molecule has 0 spiro atoms. The molecule has 2 aromatic carbocycles. The van der Waals surface area contributed by atoms with E-state index in [1.807, 2.05) is 6.07 Å². The van der Waals surface area contributed by atoms with Gasteiger partial charge in [0.05, 0.1) is 6.10 Å². The maximum absolute atomic E-state index is 5.84. The maximum Gasteiger partial charge on any atom is 0.173 e. The van der Waals surface area contributed by atoms with E-state index in [0.717, 1.165) is 43.3 Å². The molecular formula is C21H26N2OS. The number of hydrogen-bond donors (Lipinski definition) is 1. The van der Waals surface area contributed by atoms with Gasteiger partial charge >= 0.3 is 0 Å². The van der Waals surface area contributed by atoms with Gasteiger partial charge in [-0.05, 0) is 61.7 Å². The normalized spacial score (nSPS) is 16.6.